The third kappa shape index (κ3) is 18.4. The summed E-state index contributed by atoms with van der Waals surface area (Å²) in [5.41, 5.74) is 0. The molecule has 122 valence electrons. The molecule has 0 spiro atoms. The Hall–Kier alpha value is -1.60. The monoisotopic (exact) mass is 303 g/mol. The highest BCUT2D eigenvalue weighted by atomic mass is 16.5. The van der Waals surface area contributed by atoms with Crippen LogP contribution in [0.25, 0.3) is 0 Å². The summed E-state index contributed by atoms with van der Waals surface area (Å²) in [7, 11) is 0. The fraction of sp³-hybridized carbons (Fsp3) is 0.714. The molecule has 0 aromatic rings. The minimum atomic E-state index is -0.709. The van der Waals surface area contributed by atoms with Gasteiger partial charge in [-0.3, -0.25) is 14.4 Å². The van der Waals surface area contributed by atoms with E-state index in [4.69, 9.17) is 9.53 Å². The second kappa shape index (κ2) is 14.8. The van der Waals surface area contributed by atoms with E-state index in [-0.39, 0.29) is 37.0 Å². The number of ketones is 2. The van der Waals surface area contributed by atoms with Gasteiger partial charge in [-0.2, -0.15) is 0 Å². The van der Waals surface area contributed by atoms with Gasteiger partial charge in [0.15, 0.2) is 5.78 Å². The lowest BCUT2D eigenvalue weighted by molar-refractivity contribution is -0.126. The van der Waals surface area contributed by atoms with Gasteiger partial charge in [0.1, 0.15) is 19.2 Å². The third-order valence-corrected chi connectivity index (χ3v) is 2.34. The molecule has 7 nitrogen and oxygen atoms in total. The molecule has 1 atom stereocenters. The van der Waals surface area contributed by atoms with E-state index in [2.05, 4.69) is 5.32 Å². The largest absolute Gasteiger partial charge is 0.393 e. The second-order valence-electron chi connectivity index (χ2n) is 4.59. The fourth-order valence-electron chi connectivity index (χ4n) is 1.41. The highest BCUT2D eigenvalue weighted by molar-refractivity contribution is 5.84. The van der Waals surface area contributed by atoms with Gasteiger partial charge in [-0.05, 0) is 33.1 Å². The molecule has 0 aliphatic carbocycles. The Morgan fingerprint density at radius 2 is 1.76 bits per heavy atom. The number of hydrogen-bond donors (Lipinski definition) is 2. The number of Topliss-reactive ketones (excluding diaryl/α,β-unsaturated/α-hetero) is 2. The molecule has 0 aromatic carbocycles. The van der Waals surface area contributed by atoms with Crippen LogP contribution in [0.3, 0.4) is 0 Å². The highest BCUT2D eigenvalue weighted by Crippen LogP contribution is 2.04. The third-order valence-electron chi connectivity index (χ3n) is 2.34. The number of hydrogen-bond acceptors (Lipinski definition) is 6. The number of amides is 1. The zero-order chi connectivity index (χ0) is 16.7. The average molecular weight is 303 g/mol. The number of aliphatic hydroxyl groups is 1. The van der Waals surface area contributed by atoms with Gasteiger partial charge >= 0.3 is 0 Å². The normalized spacial score (nSPS) is 11.0. The van der Waals surface area contributed by atoms with Crippen molar-refractivity contribution in [2.45, 2.75) is 45.6 Å². The summed E-state index contributed by atoms with van der Waals surface area (Å²) in [6.45, 7) is 5.45. The van der Waals surface area contributed by atoms with Crippen LogP contribution in [0.1, 0.15) is 39.5 Å². The molecule has 0 aliphatic rings. The molecule has 2 N–H and O–H groups in total. The molecule has 7 heteroatoms. The summed E-state index contributed by atoms with van der Waals surface area (Å²) in [5.74, 6) is -0.455. The number of nitrogens with one attached hydrogen (secondary N) is 1. The number of rotatable bonds is 11. The highest BCUT2D eigenvalue weighted by Gasteiger charge is 2.10. The van der Waals surface area contributed by atoms with E-state index in [9.17, 15) is 19.5 Å². The first-order chi connectivity index (χ1) is 9.91. The summed E-state index contributed by atoms with van der Waals surface area (Å²) in [6, 6.07) is 0. The van der Waals surface area contributed by atoms with Gasteiger partial charge in [-0.25, -0.2) is 0 Å². The van der Waals surface area contributed by atoms with E-state index in [0.717, 1.165) is 12.8 Å². The molecule has 0 bridgehead atoms. The average Bonchev–Trinajstić information content (AvgIpc) is 2.42. The lowest BCUT2D eigenvalue weighted by atomic mass is 10.1. The quantitative estimate of drug-likeness (QED) is 0.521. The van der Waals surface area contributed by atoms with E-state index < -0.39 is 6.10 Å². The molecular formula is C14H25NO6. The van der Waals surface area contributed by atoms with Crippen molar-refractivity contribution in [2.75, 3.05) is 19.8 Å². The first kappa shape index (κ1) is 21.7. The van der Waals surface area contributed by atoms with Crippen LogP contribution in [-0.2, 0) is 23.9 Å². The van der Waals surface area contributed by atoms with Crippen LogP contribution in [0.4, 0.5) is 0 Å². The van der Waals surface area contributed by atoms with Crippen molar-refractivity contribution in [2.24, 2.45) is 0 Å². The predicted octanol–water partition coefficient (Wildman–Crippen LogP) is 0.0336. The van der Waals surface area contributed by atoms with Crippen molar-refractivity contribution in [1.29, 1.82) is 0 Å². The van der Waals surface area contributed by atoms with Crippen LogP contribution in [0.15, 0.2) is 0 Å². The van der Waals surface area contributed by atoms with Crippen LogP contribution in [0.5, 0.6) is 0 Å². The number of ether oxygens (including phenoxy) is 1. The van der Waals surface area contributed by atoms with E-state index in [1.807, 2.05) is 6.79 Å². The molecule has 0 aliphatic heterocycles. The van der Waals surface area contributed by atoms with E-state index in [0.29, 0.717) is 13.0 Å². The van der Waals surface area contributed by atoms with Crippen LogP contribution in [-0.4, -0.2) is 55.2 Å². The van der Waals surface area contributed by atoms with Gasteiger partial charge in [-0.1, -0.05) is 0 Å². The molecular weight excluding hydrogens is 278 g/mol. The summed E-state index contributed by atoms with van der Waals surface area (Å²) >= 11 is 0. The van der Waals surface area contributed by atoms with Crippen molar-refractivity contribution in [3.8, 4) is 0 Å². The van der Waals surface area contributed by atoms with Crippen molar-refractivity contribution in [3.05, 3.63) is 0 Å². The zero-order valence-electron chi connectivity index (χ0n) is 12.7. The van der Waals surface area contributed by atoms with Crippen molar-refractivity contribution >= 4 is 24.3 Å². The van der Waals surface area contributed by atoms with E-state index in [1.165, 1.54) is 13.8 Å². The van der Waals surface area contributed by atoms with Crippen molar-refractivity contribution in [1.82, 2.24) is 5.32 Å². The maximum atomic E-state index is 11.3. The first-order valence-electron chi connectivity index (χ1n) is 6.72. The van der Waals surface area contributed by atoms with Gasteiger partial charge in [-0.15, -0.1) is 0 Å². The molecule has 1 unspecified atom stereocenters. The molecule has 0 fully saturated rings. The molecule has 0 radical (unpaired) electrons. The minimum absolute atomic E-state index is 0.00157. The molecule has 1 amide bonds. The van der Waals surface area contributed by atoms with Crippen molar-refractivity contribution in [3.63, 3.8) is 0 Å². The molecule has 0 saturated carbocycles. The molecule has 0 heterocycles. The Balaban J connectivity index is 0. The summed E-state index contributed by atoms with van der Waals surface area (Å²) in [6.07, 6.45) is 1.25. The summed E-state index contributed by atoms with van der Waals surface area (Å²) in [4.78, 5) is 40.5. The summed E-state index contributed by atoms with van der Waals surface area (Å²) in [5, 5.41) is 12.0. The molecule has 21 heavy (non-hydrogen) atoms. The Bertz CT molecular complexity index is 319. The van der Waals surface area contributed by atoms with Gasteiger partial charge in [0, 0.05) is 6.61 Å². The zero-order valence-corrected chi connectivity index (χ0v) is 12.7. The van der Waals surface area contributed by atoms with Gasteiger partial charge < -0.3 is 20.0 Å². The van der Waals surface area contributed by atoms with Crippen LogP contribution >= 0.6 is 0 Å². The Kier molecular flexibility index (Phi) is 15.3. The predicted molar refractivity (Wildman–Crippen MR) is 76.8 cm³/mol. The van der Waals surface area contributed by atoms with Crippen LogP contribution < -0.4 is 5.32 Å². The lowest BCUT2D eigenvalue weighted by Crippen LogP contribution is -2.31. The Morgan fingerprint density at radius 1 is 1.14 bits per heavy atom. The van der Waals surface area contributed by atoms with Gasteiger partial charge in [0.2, 0.25) is 5.91 Å². The van der Waals surface area contributed by atoms with Gasteiger partial charge in [0.25, 0.3) is 0 Å². The van der Waals surface area contributed by atoms with Gasteiger partial charge in [0.05, 0.1) is 19.1 Å². The topological polar surface area (TPSA) is 110 Å². The first-order valence-corrected chi connectivity index (χ1v) is 6.72. The second-order valence-corrected chi connectivity index (χ2v) is 4.59. The number of aliphatic hydroxyl groups excluding tert-OH is 1. The molecule has 0 saturated heterocycles. The van der Waals surface area contributed by atoms with Crippen molar-refractivity contribution < 1.29 is 29.0 Å². The maximum Gasteiger partial charge on any atom is 0.222 e. The SMILES string of the molecule is C=O.CC(=O)CNC(=O)CC(O)CCCCOCC(C)=O. The number of unbranched alkanes of at least 4 members (excludes halogenated alkanes) is 1. The minimum Gasteiger partial charge on any atom is -0.393 e. The lowest BCUT2D eigenvalue weighted by Gasteiger charge is -2.10. The Morgan fingerprint density at radius 3 is 2.29 bits per heavy atom. The van der Waals surface area contributed by atoms with Crippen LogP contribution in [0.2, 0.25) is 0 Å². The molecule has 0 rings (SSSR count). The summed E-state index contributed by atoms with van der Waals surface area (Å²) < 4.78 is 5.07. The smallest absolute Gasteiger partial charge is 0.222 e. The number of carbonyl (C=O) groups excluding carboxylic acids is 4. The van der Waals surface area contributed by atoms with Crippen LogP contribution in [0, 0.1) is 0 Å². The maximum absolute atomic E-state index is 11.3. The molecule has 0 aromatic heterocycles. The van der Waals surface area contributed by atoms with E-state index in [1.54, 1.807) is 0 Å². The van der Waals surface area contributed by atoms with E-state index >= 15 is 0 Å². The Labute approximate surface area is 125 Å². The standard InChI is InChI=1S/C13H23NO5.CH2O/c1-10(15)8-14-13(18)7-12(17)5-3-4-6-19-9-11(2)16;1-2/h12,17H,3-9H2,1-2H3,(H,14,18);1H2. The fourth-order valence-corrected chi connectivity index (χ4v) is 1.41. The number of carbonyl (C=O) groups is 4.